The third-order valence-corrected chi connectivity index (χ3v) is 12.7. The molecule has 16 nitrogen and oxygen atoms in total. The van der Waals surface area contributed by atoms with Crippen molar-refractivity contribution in [2.24, 2.45) is 20.9 Å². The van der Waals surface area contributed by atoms with E-state index in [2.05, 4.69) is 30.3 Å². The highest BCUT2D eigenvalue weighted by molar-refractivity contribution is 6.32. The number of aliphatic imine (C=N–C) groups is 3. The summed E-state index contributed by atoms with van der Waals surface area (Å²) in [7, 11) is 1.68. The van der Waals surface area contributed by atoms with Crippen molar-refractivity contribution in [2.75, 3.05) is 13.6 Å². The van der Waals surface area contributed by atoms with Gasteiger partial charge < -0.3 is 39.4 Å². The van der Waals surface area contributed by atoms with Gasteiger partial charge in [0.25, 0.3) is 0 Å². The minimum atomic E-state index is -1.22. The average Bonchev–Trinajstić information content (AvgIpc) is 4.21. The molecule has 0 saturated heterocycles. The Morgan fingerprint density at radius 1 is 0.699 bits per heavy atom. The zero-order valence-electron chi connectivity index (χ0n) is 40.9. The number of aliphatic hydroxyl groups is 2. The molecule has 380 valence electrons. The standard InChI is InChI=1S/C55H56Cl2N6O10/c1-31-38(29-72-51-16-49(70-27-36-12-35(18-58-5)19-59-20-36)41(14-46(51)56)23-61-25-45(33(3)64)54(66)67)8-6-10-43(31)44-11-7-9-39(32(44)2)30-73-52-17-50(71-28-37-13-40(22-60-21-37)48-26-62-48)42(15-47(52)57)24-63-53(34(4)65)55(68)69/h6-22,25,33-34,45,53,63-65H,23-24,26-30H2,1-5H3,(H,66,67)(H,68,69)/t33-,34-,45?,53-/m0/s1. The number of aliphatic carboxylic acids is 2. The van der Waals surface area contributed by atoms with Gasteiger partial charge in [0.2, 0.25) is 0 Å². The molecule has 0 fully saturated rings. The van der Waals surface area contributed by atoms with E-state index < -0.39 is 36.1 Å². The predicted molar refractivity (Wildman–Crippen MR) is 280 cm³/mol. The third kappa shape index (κ3) is 14.3. The molecule has 1 aliphatic rings. The maximum atomic E-state index is 11.9. The molecule has 0 bridgehead atoms. The Labute approximate surface area is 433 Å². The summed E-state index contributed by atoms with van der Waals surface area (Å²) in [5, 5.41) is 42.8. The van der Waals surface area contributed by atoms with Gasteiger partial charge >= 0.3 is 11.9 Å². The molecule has 0 radical (unpaired) electrons. The van der Waals surface area contributed by atoms with Gasteiger partial charge in [0.1, 0.15) is 61.4 Å². The van der Waals surface area contributed by atoms with Crippen LogP contribution in [0.5, 0.6) is 23.0 Å². The van der Waals surface area contributed by atoms with Gasteiger partial charge in [0.05, 0.1) is 41.1 Å². The van der Waals surface area contributed by atoms with Gasteiger partial charge in [0.15, 0.2) is 0 Å². The molecule has 0 amide bonds. The number of aliphatic hydroxyl groups excluding tert-OH is 2. The first-order valence-electron chi connectivity index (χ1n) is 23.3. The molecule has 73 heavy (non-hydrogen) atoms. The molecular formula is C55H56Cl2N6O10. The monoisotopic (exact) mass is 1030 g/mol. The molecule has 0 saturated carbocycles. The lowest BCUT2D eigenvalue weighted by atomic mass is 9.92. The number of carbonyl (C=O) groups is 2. The highest BCUT2D eigenvalue weighted by Gasteiger charge is 2.25. The smallest absolute Gasteiger partial charge is 0.323 e. The summed E-state index contributed by atoms with van der Waals surface area (Å²) in [6.07, 6.45) is 7.44. The normalized spacial score (nSPS) is 13.8. The third-order valence-electron chi connectivity index (χ3n) is 12.1. The first-order valence-corrected chi connectivity index (χ1v) is 24.1. The molecule has 3 heterocycles. The first kappa shape index (κ1) is 53.6. The Morgan fingerprint density at radius 3 is 1.78 bits per heavy atom. The number of nitrogens with one attached hydrogen (secondary N) is 1. The maximum Gasteiger partial charge on any atom is 0.323 e. The van der Waals surface area contributed by atoms with Crippen LogP contribution in [0, 0.1) is 19.8 Å². The number of ether oxygens (including phenoxy) is 4. The highest BCUT2D eigenvalue weighted by Crippen LogP contribution is 2.38. The van der Waals surface area contributed by atoms with Crippen molar-refractivity contribution in [3.05, 3.63) is 163 Å². The van der Waals surface area contributed by atoms with Crippen LogP contribution in [-0.2, 0) is 49.1 Å². The second-order valence-corrected chi connectivity index (χ2v) is 18.3. The Balaban J connectivity index is 1.09. The summed E-state index contributed by atoms with van der Waals surface area (Å²) in [5.74, 6) is -2.04. The van der Waals surface area contributed by atoms with Gasteiger partial charge in [0, 0.05) is 96.3 Å². The van der Waals surface area contributed by atoms with Gasteiger partial charge in [-0.15, -0.1) is 0 Å². The zero-order chi connectivity index (χ0) is 52.2. The average molecular weight is 1030 g/mol. The van der Waals surface area contributed by atoms with Crippen molar-refractivity contribution in [2.45, 2.75) is 85.5 Å². The van der Waals surface area contributed by atoms with Gasteiger partial charge in [-0.05, 0) is 85.3 Å². The van der Waals surface area contributed by atoms with Crippen LogP contribution in [0.15, 0.2) is 113 Å². The number of hydrogen-bond donors (Lipinski definition) is 5. The van der Waals surface area contributed by atoms with E-state index in [9.17, 15) is 30.0 Å². The Bertz CT molecular complexity index is 3050. The quantitative estimate of drug-likeness (QED) is 0.0338. The number of carboxylic acid groups (broad SMARTS) is 2. The number of carboxylic acids is 2. The molecule has 5 N–H and O–H groups in total. The summed E-state index contributed by atoms with van der Waals surface area (Å²) in [5.41, 5.74) is 11.2. The number of halogens is 2. The van der Waals surface area contributed by atoms with Gasteiger partial charge in [-0.1, -0.05) is 59.6 Å². The van der Waals surface area contributed by atoms with Crippen molar-refractivity contribution < 1.29 is 49.0 Å². The van der Waals surface area contributed by atoms with E-state index in [1.807, 2.05) is 62.4 Å². The zero-order valence-corrected chi connectivity index (χ0v) is 42.4. The van der Waals surface area contributed by atoms with Gasteiger partial charge in [-0.2, -0.15) is 0 Å². The molecule has 4 aromatic carbocycles. The molecule has 2 aromatic heterocycles. The SMILES string of the molecule is CN=Cc1cncc(COc2cc(OCc3cccc(-c4cccc(COc5cc(OCc6cncc(C7=NC7)c6)c(CN[C@H](C(=O)O)[C@H](C)O)cc5Cl)c4C)c3C)c(Cl)cc2CN=CC(C(=O)O)[C@H](C)O)c1. The van der Waals surface area contributed by atoms with Crippen molar-refractivity contribution in [1.29, 1.82) is 0 Å². The fourth-order valence-electron chi connectivity index (χ4n) is 7.90. The van der Waals surface area contributed by atoms with Crippen molar-refractivity contribution in [3.63, 3.8) is 0 Å². The van der Waals surface area contributed by atoms with Gasteiger partial charge in [-0.25, -0.2) is 0 Å². The lowest BCUT2D eigenvalue weighted by Gasteiger charge is -2.20. The summed E-state index contributed by atoms with van der Waals surface area (Å²) in [6.45, 7) is 8.22. The van der Waals surface area contributed by atoms with E-state index in [1.165, 1.54) is 20.1 Å². The van der Waals surface area contributed by atoms with Crippen LogP contribution in [0.3, 0.4) is 0 Å². The summed E-state index contributed by atoms with van der Waals surface area (Å²) < 4.78 is 25.4. The summed E-state index contributed by atoms with van der Waals surface area (Å²) in [6, 6.07) is 21.3. The molecule has 1 unspecified atom stereocenters. The van der Waals surface area contributed by atoms with Crippen molar-refractivity contribution in [1.82, 2.24) is 15.3 Å². The van der Waals surface area contributed by atoms with Crippen LogP contribution in [0.4, 0.5) is 0 Å². The number of pyridine rings is 2. The maximum absolute atomic E-state index is 11.9. The number of hydrogen-bond acceptors (Lipinski definition) is 14. The van der Waals surface area contributed by atoms with E-state index in [-0.39, 0.29) is 44.5 Å². The second-order valence-electron chi connectivity index (χ2n) is 17.5. The Hall–Kier alpha value is -7.21. The number of rotatable bonds is 25. The molecule has 1 aliphatic heterocycles. The molecule has 4 atom stereocenters. The summed E-state index contributed by atoms with van der Waals surface area (Å²) in [4.78, 5) is 44.8. The number of nitrogens with zero attached hydrogens (tertiary/aromatic N) is 5. The van der Waals surface area contributed by atoms with Crippen LogP contribution in [0.25, 0.3) is 11.1 Å². The van der Waals surface area contributed by atoms with Crippen LogP contribution < -0.4 is 24.3 Å². The van der Waals surface area contributed by atoms with Crippen molar-refractivity contribution in [3.8, 4) is 34.1 Å². The topological polar surface area (TPSA) is 227 Å². The van der Waals surface area contributed by atoms with E-state index in [1.54, 1.807) is 62.3 Å². The predicted octanol–water partition coefficient (Wildman–Crippen LogP) is 8.81. The van der Waals surface area contributed by atoms with Crippen LogP contribution in [0.1, 0.15) is 69.5 Å². The minimum absolute atomic E-state index is 0.0244. The Kier molecular flexibility index (Phi) is 18.3. The number of benzene rings is 4. The minimum Gasteiger partial charge on any atom is -0.488 e. The van der Waals surface area contributed by atoms with E-state index >= 15 is 0 Å². The fraction of sp³-hybridized carbons (Fsp3) is 0.291. The lowest BCUT2D eigenvalue weighted by molar-refractivity contribution is -0.143. The largest absolute Gasteiger partial charge is 0.488 e. The molecule has 18 heteroatoms. The molecule has 7 rings (SSSR count). The van der Waals surface area contributed by atoms with Crippen LogP contribution in [-0.4, -0.2) is 92.3 Å². The molecular weight excluding hydrogens is 976 g/mol. The van der Waals surface area contributed by atoms with Crippen molar-refractivity contribution >= 4 is 53.3 Å². The van der Waals surface area contributed by atoms with Crippen LogP contribution >= 0.6 is 23.2 Å². The summed E-state index contributed by atoms with van der Waals surface area (Å²) >= 11 is 13.7. The molecule has 0 spiro atoms. The lowest BCUT2D eigenvalue weighted by Crippen LogP contribution is -2.44. The molecule has 6 aromatic rings. The van der Waals surface area contributed by atoms with E-state index in [4.69, 9.17) is 42.1 Å². The first-order chi connectivity index (χ1) is 35.1. The Morgan fingerprint density at radius 2 is 1.25 bits per heavy atom. The fourth-order valence-corrected chi connectivity index (χ4v) is 8.38. The van der Waals surface area contributed by atoms with E-state index in [0.29, 0.717) is 45.7 Å². The second kappa shape index (κ2) is 25.0. The van der Waals surface area contributed by atoms with Crippen LogP contribution in [0.2, 0.25) is 10.0 Å². The number of aromatic nitrogens is 2. The van der Waals surface area contributed by atoms with Gasteiger partial charge in [-0.3, -0.25) is 39.9 Å². The molecule has 0 aliphatic carbocycles. The van der Waals surface area contributed by atoms with E-state index in [0.717, 1.165) is 61.3 Å². The highest BCUT2D eigenvalue weighted by atomic mass is 35.5.